The van der Waals surface area contributed by atoms with Crippen LogP contribution in [0.25, 0.3) is 21.6 Å². The number of aryl methyl sites for hydroxylation is 2. The number of benzene rings is 1. The number of carbonyl (C=O) groups is 1. The van der Waals surface area contributed by atoms with E-state index in [1.165, 1.54) is 12.0 Å². The Balaban J connectivity index is 2.08. The van der Waals surface area contributed by atoms with Crippen molar-refractivity contribution in [2.24, 2.45) is 0 Å². The molecule has 0 saturated heterocycles. The highest BCUT2D eigenvalue weighted by Crippen LogP contribution is 2.34. The van der Waals surface area contributed by atoms with Crippen LogP contribution in [0, 0.1) is 13.8 Å². The quantitative estimate of drug-likeness (QED) is 0.515. The summed E-state index contributed by atoms with van der Waals surface area (Å²) < 4.78 is 4.68. The van der Waals surface area contributed by atoms with Crippen LogP contribution in [0.5, 0.6) is 0 Å². The van der Waals surface area contributed by atoms with Crippen molar-refractivity contribution in [2.45, 2.75) is 13.8 Å². The fourth-order valence-corrected chi connectivity index (χ4v) is 3.60. The summed E-state index contributed by atoms with van der Waals surface area (Å²) >= 11 is 7.92. The predicted octanol–water partition coefficient (Wildman–Crippen LogP) is 4.42. The molecule has 0 saturated carbocycles. The molecule has 0 spiro atoms. The number of thiophene rings is 1. The number of ether oxygens (including phenoxy) is 1. The number of methoxy groups -OCH3 is 1. The molecule has 2 heterocycles. The fraction of sp³-hybridized carbons (Fsp3) is 0.188. The van der Waals surface area contributed by atoms with Gasteiger partial charge in [0, 0.05) is 10.4 Å². The molecule has 4 nitrogen and oxygen atoms in total. The van der Waals surface area contributed by atoms with Crippen LogP contribution in [0.3, 0.4) is 0 Å². The van der Waals surface area contributed by atoms with Gasteiger partial charge in [0.2, 0.25) is 0 Å². The monoisotopic (exact) mass is 332 g/mol. The van der Waals surface area contributed by atoms with Crippen molar-refractivity contribution in [2.75, 3.05) is 7.11 Å². The summed E-state index contributed by atoms with van der Waals surface area (Å²) in [5.41, 5.74) is 2.42. The van der Waals surface area contributed by atoms with E-state index in [-0.39, 0.29) is 5.97 Å². The lowest BCUT2D eigenvalue weighted by Gasteiger charge is -2.04. The molecule has 0 unspecified atom stereocenters. The van der Waals surface area contributed by atoms with Crippen LogP contribution in [-0.4, -0.2) is 23.0 Å². The molecule has 112 valence electrons. The van der Waals surface area contributed by atoms with Gasteiger partial charge in [0.05, 0.1) is 18.1 Å². The molecule has 3 rings (SSSR count). The second-order valence-corrected chi connectivity index (χ2v) is 6.43. The number of nitrogens with zero attached hydrogens (tertiary/aromatic N) is 2. The Morgan fingerprint density at radius 2 is 1.86 bits per heavy atom. The van der Waals surface area contributed by atoms with Crippen LogP contribution in [0.2, 0.25) is 5.15 Å². The highest BCUT2D eigenvalue weighted by molar-refractivity contribution is 7.18. The summed E-state index contributed by atoms with van der Waals surface area (Å²) in [5.74, 6) is 0.181. The van der Waals surface area contributed by atoms with Crippen LogP contribution in [0.4, 0.5) is 0 Å². The Morgan fingerprint density at radius 3 is 2.50 bits per heavy atom. The van der Waals surface area contributed by atoms with Gasteiger partial charge in [0.1, 0.15) is 9.98 Å². The molecular formula is C16H13ClN2O2S. The van der Waals surface area contributed by atoms with Gasteiger partial charge in [-0.2, -0.15) is 0 Å². The maximum atomic E-state index is 11.5. The zero-order chi connectivity index (χ0) is 15.9. The number of carbonyl (C=O) groups excluding carboxylic acids is 1. The topological polar surface area (TPSA) is 52.1 Å². The van der Waals surface area contributed by atoms with Crippen LogP contribution >= 0.6 is 22.9 Å². The van der Waals surface area contributed by atoms with Crippen molar-refractivity contribution in [3.8, 4) is 11.4 Å². The molecule has 0 radical (unpaired) electrons. The standard InChI is InChI=1S/C16H13ClN2O2S/c1-8-9(2)22-15-12(8)13(17)18-14(19-15)10-4-6-11(7-5-10)16(20)21-3/h4-7H,1-3H3. The van der Waals surface area contributed by atoms with Crippen molar-refractivity contribution < 1.29 is 9.53 Å². The van der Waals surface area contributed by atoms with E-state index in [1.807, 2.05) is 13.8 Å². The molecule has 0 N–H and O–H groups in total. The second kappa shape index (κ2) is 5.66. The van der Waals surface area contributed by atoms with Gasteiger partial charge < -0.3 is 4.74 Å². The average Bonchev–Trinajstić information content (AvgIpc) is 2.81. The van der Waals surface area contributed by atoms with Gasteiger partial charge >= 0.3 is 5.97 Å². The first-order chi connectivity index (χ1) is 10.5. The zero-order valence-corrected chi connectivity index (χ0v) is 13.9. The molecule has 0 aliphatic heterocycles. The van der Waals surface area contributed by atoms with Crippen molar-refractivity contribution in [3.63, 3.8) is 0 Å². The molecule has 0 amide bonds. The molecule has 2 aromatic heterocycles. The van der Waals surface area contributed by atoms with Gasteiger partial charge in [-0.05, 0) is 31.5 Å². The third-order valence-corrected chi connectivity index (χ3v) is 4.92. The number of esters is 1. The Hall–Kier alpha value is -1.98. The smallest absolute Gasteiger partial charge is 0.337 e. The fourth-order valence-electron chi connectivity index (χ4n) is 2.20. The van der Waals surface area contributed by atoms with E-state index in [2.05, 4.69) is 14.7 Å². The Kier molecular flexibility index (Phi) is 3.85. The highest BCUT2D eigenvalue weighted by Gasteiger charge is 2.14. The van der Waals surface area contributed by atoms with Crippen LogP contribution in [0.15, 0.2) is 24.3 Å². The molecular weight excluding hydrogens is 320 g/mol. The van der Waals surface area contributed by atoms with Gasteiger partial charge in [0.15, 0.2) is 5.82 Å². The van der Waals surface area contributed by atoms with Crippen LogP contribution < -0.4 is 0 Å². The number of rotatable bonds is 2. The van der Waals surface area contributed by atoms with Gasteiger partial charge in [-0.1, -0.05) is 23.7 Å². The van der Waals surface area contributed by atoms with Gasteiger partial charge in [-0.15, -0.1) is 11.3 Å². The average molecular weight is 333 g/mol. The van der Waals surface area contributed by atoms with Crippen LogP contribution in [-0.2, 0) is 4.74 Å². The second-order valence-electron chi connectivity index (χ2n) is 4.87. The highest BCUT2D eigenvalue weighted by atomic mass is 35.5. The minimum Gasteiger partial charge on any atom is -0.465 e. The number of aromatic nitrogens is 2. The SMILES string of the molecule is COC(=O)c1ccc(-c2nc(Cl)c3c(C)c(C)sc3n2)cc1. The molecule has 22 heavy (non-hydrogen) atoms. The minimum atomic E-state index is -0.370. The van der Waals surface area contributed by atoms with Crippen molar-refractivity contribution in [1.29, 1.82) is 0 Å². The third-order valence-electron chi connectivity index (χ3n) is 3.55. The summed E-state index contributed by atoms with van der Waals surface area (Å²) in [6.07, 6.45) is 0. The van der Waals surface area contributed by atoms with E-state index in [4.69, 9.17) is 11.6 Å². The Morgan fingerprint density at radius 1 is 1.18 bits per heavy atom. The Labute approximate surface area is 136 Å². The number of fused-ring (bicyclic) bond motifs is 1. The van der Waals surface area contributed by atoms with Gasteiger partial charge in [-0.25, -0.2) is 14.8 Å². The normalized spacial score (nSPS) is 10.9. The lowest BCUT2D eigenvalue weighted by atomic mass is 10.1. The molecule has 0 atom stereocenters. The van der Waals surface area contributed by atoms with E-state index < -0.39 is 0 Å². The summed E-state index contributed by atoms with van der Waals surface area (Å²) in [6.45, 7) is 4.07. The molecule has 1 aromatic carbocycles. The molecule has 0 aliphatic carbocycles. The molecule has 0 bridgehead atoms. The van der Waals surface area contributed by atoms with Crippen molar-refractivity contribution >= 4 is 39.1 Å². The lowest BCUT2D eigenvalue weighted by molar-refractivity contribution is 0.0601. The summed E-state index contributed by atoms with van der Waals surface area (Å²) in [7, 11) is 1.36. The van der Waals surface area contributed by atoms with Gasteiger partial charge in [-0.3, -0.25) is 0 Å². The number of hydrogen-bond donors (Lipinski definition) is 0. The summed E-state index contributed by atoms with van der Waals surface area (Å²) in [6, 6.07) is 6.95. The van der Waals surface area contributed by atoms with Crippen molar-refractivity contribution in [1.82, 2.24) is 9.97 Å². The molecule has 6 heteroatoms. The first kappa shape index (κ1) is 14.9. The maximum absolute atomic E-state index is 11.5. The largest absolute Gasteiger partial charge is 0.465 e. The van der Waals surface area contributed by atoms with Crippen molar-refractivity contribution in [3.05, 3.63) is 45.4 Å². The van der Waals surface area contributed by atoms with E-state index in [1.54, 1.807) is 35.6 Å². The first-order valence-electron chi connectivity index (χ1n) is 6.63. The first-order valence-corrected chi connectivity index (χ1v) is 7.82. The van der Waals surface area contributed by atoms with E-state index in [0.29, 0.717) is 16.5 Å². The van der Waals surface area contributed by atoms with E-state index >= 15 is 0 Å². The Bertz CT molecular complexity index is 872. The zero-order valence-electron chi connectivity index (χ0n) is 12.3. The van der Waals surface area contributed by atoms with E-state index in [9.17, 15) is 4.79 Å². The van der Waals surface area contributed by atoms with Crippen LogP contribution in [0.1, 0.15) is 20.8 Å². The minimum absolute atomic E-state index is 0.370. The third kappa shape index (κ3) is 2.46. The number of halogens is 1. The summed E-state index contributed by atoms with van der Waals surface area (Å²) in [4.78, 5) is 22.5. The molecule has 0 fully saturated rings. The van der Waals surface area contributed by atoms with E-state index in [0.717, 1.165) is 21.3 Å². The predicted molar refractivity (Wildman–Crippen MR) is 88.7 cm³/mol. The number of hydrogen-bond acceptors (Lipinski definition) is 5. The molecule has 3 aromatic rings. The lowest BCUT2D eigenvalue weighted by Crippen LogP contribution is -2.00. The van der Waals surface area contributed by atoms with Gasteiger partial charge in [0.25, 0.3) is 0 Å². The maximum Gasteiger partial charge on any atom is 0.337 e. The molecule has 0 aliphatic rings. The summed E-state index contributed by atoms with van der Waals surface area (Å²) in [5, 5.41) is 1.37.